The van der Waals surface area contributed by atoms with E-state index in [4.69, 9.17) is 10.2 Å². The molecule has 2 N–H and O–H groups in total. The summed E-state index contributed by atoms with van der Waals surface area (Å²) in [5.41, 5.74) is 9.19. The number of nitrogens with zero attached hydrogens (tertiary/aromatic N) is 2. The first-order valence-corrected chi connectivity index (χ1v) is 8.17. The number of hydrogen-bond acceptors (Lipinski definition) is 3. The van der Waals surface area contributed by atoms with Gasteiger partial charge < -0.3 is 10.2 Å². The standard InChI is InChI=1S/C15H15Br2N3O/c1-8-14(17)12(20(2)19-8)7-11(18)13-6-9-4-3-5-10(16)15(9)21-13/h3-6,11H,7,18H2,1-2H3. The smallest absolute Gasteiger partial charge is 0.148 e. The van der Waals surface area contributed by atoms with Crippen molar-refractivity contribution in [3.8, 4) is 0 Å². The van der Waals surface area contributed by atoms with Gasteiger partial charge in [0.2, 0.25) is 0 Å². The van der Waals surface area contributed by atoms with Crippen molar-refractivity contribution in [3.05, 3.63) is 50.4 Å². The highest BCUT2D eigenvalue weighted by molar-refractivity contribution is 9.11. The summed E-state index contributed by atoms with van der Waals surface area (Å²) in [6.07, 6.45) is 0.662. The molecule has 21 heavy (non-hydrogen) atoms. The van der Waals surface area contributed by atoms with Crippen LogP contribution in [0, 0.1) is 6.92 Å². The van der Waals surface area contributed by atoms with Crippen LogP contribution in [0.1, 0.15) is 23.2 Å². The summed E-state index contributed by atoms with van der Waals surface area (Å²) in [5.74, 6) is 0.780. The van der Waals surface area contributed by atoms with E-state index in [0.29, 0.717) is 6.42 Å². The van der Waals surface area contributed by atoms with Crippen molar-refractivity contribution in [2.75, 3.05) is 0 Å². The molecular formula is C15H15Br2N3O. The number of para-hydroxylation sites is 1. The largest absolute Gasteiger partial charge is 0.458 e. The second kappa shape index (κ2) is 5.59. The summed E-state index contributed by atoms with van der Waals surface area (Å²) in [4.78, 5) is 0. The molecule has 0 saturated heterocycles. The van der Waals surface area contributed by atoms with E-state index in [9.17, 15) is 0 Å². The number of halogens is 2. The summed E-state index contributed by atoms with van der Waals surface area (Å²) in [7, 11) is 1.93. The molecule has 6 heteroatoms. The molecule has 2 aromatic heterocycles. The van der Waals surface area contributed by atoms with Crippen molar-refractivity contribution in [1.29, 1.82) is 0 Å². The van der Waals surface area contributed by atoms with Crippen molar-refractivity contribution in [1.82, 2.24) is 9.78 Å². The van der Waals surface area contributed by atoms with Crippen molar-refractivity contribution in [2.24, 2.45) is 12.8 Å². The van der Waals surface area contributed by atoms with Crippen LogP contribution in [0.3, 0.4) is 0 Å². The quantitative estimate of drug-likeness (QED) is 0.699. The minimum atomic E-state index is -0.213. The summed E-state index contributed by atoms with van der Waals surface area (Å²) < 4.78 is 9.71. The molecule has 0 saturated carbocycles. The van der Waals surface area contributed by atoms with Gasteiger partial charge in [0, 0.05) is 18.9 Å². The average molecular weight is 413 g/mol. The number of benzene rings is 1. The fourth-order valence-corrected chi connectivity index (χ4v) is 3.40. The van der Waals surface area contributed by atoms with Gasteiger partial charge in [-0.3, -0.25) is 4.68 Å². The lowest BCUT2D eigenvalue weighted by Gasteiger charge is -2.09. The van der Waals surface area contributed by atoms with E-state index in [1.165, 1.54) is 0 Å². The van der Waals surface area contributed by atoms with Crippen LogP contribution in [0.4, 0.5) is 0 Å². The lowest BCUT2D eigenvalue weighted by atomic mass is 10.1. The number of aromatic nitrogens is 2. The SMILES string of the molecule is Cc1nn(C)c(CC(N)c2cc3cccc(Br)c3o2)c1Br. The lowest BCUT2D eigenvalue weighted by Crippen LogP contribution is -2.15. The van der Waals surface area contributed by atoms with E-state index in [0.717, 1.165) is 37.1 Å². The maximum Gasteiger partial charge on any atom is 0.148 e. The van der Waals surface area contributed by atoms with Crippen molar-refractivity contribution >= 4 is 42.8 Å². The molecule has 0 bridgehead atoms. The Morgan fingerprint density at radius 2 is 2.14 bits per heavy atom. The van der Waals surface area contributed by atoms with Crippen LogP contribution in [-0.4, -0.2) is 9.78 Å². The van der Waals surface area contributed by atoms with Crippen molar-refractivity contribution in [2.45, 2.75) is 19.4 Å². The zero-order valence-corrected chi connectivity index (χ0v) is 14.9. The Balaban J connectivity index is 1.93. The maximum atomic E-state index is 6.32. The van der Waals surface area contributed by atoms with Gasteiger partial charge in [-0.15, -0.1) is 0 Å². The van der Waals surface area contributed by atoms with Gasteiger partial charge in [0.1, 0.15) is 11.3 Å². The fraction of sp³-hybridized carbons (Fsp3) is 0.267. The molecule has 0 spiro atoms. The van der Waals surface area contributed by atoms with Gasteiger partial charge in [-0.05, 0) is 50.9 Å². The van der Waals surface area contributed by atoms with Crippen molar-refractivity contribution in [3.63, 3.8) is 0 Å². The number of furan rings is 1. The zero-order chi connectivity index (χ0) is 15.1. The molecule has 0 fully saturated rings. The third-order valence-electron chi connectivity index (χ3n) is 3.56. The molecule has 0 aliphatic heterocycles. The zero-order valence-electron chi connectivity index (χ0n) is 11.7. The van der Waals surface area contributed by atoms with Gasteiger partial charge in [0.05, 0.1) is 26.4 Å². The number of rotatable bonds is 3. The van der Waals surface area contributed by atoms with Gasteiger partial charge in [0.15, 0.2) is 0 Å². The van der Waals surface area contributed by atoms with Crippen LogP contribution in [0.25, 0.3) is 11.0 Å². The number of nitrogens with two attached hydrogens (primary N) is 1. The molecule has 0 aliphatic carbocycles. The van der Waals surface area contributed by atoms with Crippen LogP contribution in [0.5, 0.6) is 0 Å². The number of fused-ring (bicyclic) bond motifs is 1. The highest BCUT2D eigenvalue weighted by atomic mass is 79.9. The number of aryl methyl sites for hydroxylation is 2. The monoisotopic (exact) mass is 411 g/mol. The molecule has 0 aliphatic rings. The molecule has 2 heterocycles. The van der Waals surface area contributed by atoms with E-state index in [1.807, 2.05) is 42.9 Å². The molecule has 0 amide bonds. The van der Waals surface area contributed by atoms with E-state index in [2.05, 4.69) is 37.0 Å². The van der Waals surface area contributed by atoms with Gasteiger partial charge in [0.25, 0.3) is 0 Å². The van der Waals surface area contributed by atoms with Crippen LogP contribution in [0.2, 0.25) is 0 Å². The van der Waals surface area contributed by atoms with Gasteiger partial charge in [-0.1, -0.05) is 12.1 Å². The van der Waals surface area contributed by atoms with Gasteiger partial charge >= 0.3 is 0 Å². The molecular weight excluding hydrogens is 398 g/mol. The highest BCUT2D eigenvalue weighted by Crippen LogP contribution is 2.31. The Kier molecular flexibility index (Phi) is 3.94. The van der Waals surface area contributed by atoms with Crippen LogP contribution >= 0.6 is 31.9 Å². The minimum absolute atomic E-state index is 0.213. The van der Waals surface area contributed by atoms with E-state index < -0.39 is 0 Å². The van der Waals surface area contributed by atoms with E-state index >= 15 is 0 Å². The second-order valence-electron chi connectivity index (χ2n) is 5.09. The normalized spacial score (nSPS) is 13.0. The highest BCUT2D eigenvalue weighted by Gasteiger charge is 2.18. The Hall–Kier alpha value is -1.11. The molecule has 1 unspecified atom stereocenters. The van der Waals surface area contributed by atoms with Crippen LogP contribution < -0.4 is 5.73 Å². The lowest BCUT2D eigenvalue weighted by molar-refractivity contribution is 0.485. The summed E-state index contributed by atoms with van der Waals surface area (Å²) in [5, 5.41) is 5.44. The molecule has 1 aromatic carbocycles. The Labute approximate surface area is 139 Å². The first kappa shape index (κ1) is 14.8. The summed E-state index contributed by atoms with van der Waals surface area (Å²) >= 11 is 7.07. The van der Waals surface area contributed by atoms with Crippen LogP contribution in [-0.2, 0) is 13.5 Å². The molecule has 110 valence electrons. The first-order valence-electron chi connectivity index (χ1n) is 6.59. The maximum absolute atomic E-state index is 6.32. The Bertz CT molecular complexity index is 807. The third kappa shape index (κ3) is 2.67. The van der Waals surface area contributed by atoms with Crippen LogP contribution in [0.15, 0.2) is 37.6 Å². The Morgan fingerprint density at radius 3 is 2.76 bits per heavy atom. The summed E-state index contributed by atoms with van der Waals surface area (Å²) in [6.45, 7) is 1.97. The number of hydrogen-bond donors (Lipinski definition) is 1. The Morgan fingerprint density at radius 1 is 1.38 bits per heavy atom. The average Bonchev–Trinajstić information content (AvgIpc) is 2.97. The molecule has 3 rings (SSSR count). The minimum Gasteiger partial charge on any atom is -0.458 e. The molecule has 1 atom stereocenters. The molecule has 4 nitrogen and oxygen atoms in total. The van der Waals surface area contributed by atoms with Crippen molar-refractivity contribution < 1.29 is 4.42 Å². The van der Waals surface area contributed by atoms with E-state index in [-0.39, 0.29) is 6.04 Å². The molecule has 3 aromatic rings. The predicted octanol–water partition coefficient (Wildman–Crippen LogP) is 4.24. The second-order valence-corrected chi connectivity index (χ2v) is 6.73. The summed E-state index contributed by atoms with van der Waals surface area (Å²) in [6, 6.07) is 7.75. The van der Waals surface area contributed by atoms with E-state index in [1.54, 1.807) is 0 Å². The topological polar surface area (TPSA) is 57.0 Å². The van der Waals surface area contributed by atoms with Gasteiger partial charge in [-0.2, -0.15) is 5.10 Å². The first-order chi connectivity index (χ1) is 9.97. The molecule has 0 radical (unpaired) electrons. The predicted molar refractivity (Wildman–Crippen MR) is 90.2 cm³/mol. The van der Waals surface area contributed by atoms with Gasteiger partial charge in [-0.25, -0.2) is 0 Å². The fourth-order valence-electron chi connectivity index (χ4n) is 2.44. The third-order valence-corrected chi connectivity index (χ3v) is 5.21.